The maximum atomic E-state index is 12.1. The Balaban J connectivity index is 1.76. The van der Waals surface area contributed by atoms with E-state index in [0.29, 0.717) is 23.2 Å². The molecule has 0 aliphatic carbocycles. The summed E-state index contributed by atoms with van der Waals surface area (Å²) >= 11 is 0. The highest BCUT2D eigenvalue weighted by Crippen LogP contribution is 2.25. The van der Waals surface area contributed by atoms with Crippen molar-refractivity contribution >= 4 is 11.8 Å². The van der Waals surface area contributed by atoms with Gasteiger partial charge in [-0.3, -0.25) is 20.4 Å². The average molecular weight is 386 g/mol. The van der Waals surface area contributed by atoms with E-state index in [2.05, 4.69) is 24.7 Å². The summed E-state index contributed by atoms with van der Waals surface area (Å²) in [5, 5.41) is 0. The van der Waals surface area contributed by atoms with E-state index in [1.54, 1.807) is 31.2 Å². The first-order valence-corrected chi connectivity index (χ1v) is 9.01. The summed E-state index contributed by atoms with van der Waals surface area (Å²) in [4.78, 5) is 24.0. The molecule has 2 amide bonds. The third-order valence-electron chi connectivity index (χ3n) is 3.98. The van der Waals surface area contributed by atoms with Crippen LogP contribution in [0.4, 0.5) is 0 Å². The second kappa shape index (κ2) is 10.2. The van der Waals surface area contributed by atoms with Gasteiger partial charge in [-0.1, -0.05) is 38.1 Å². The maximum absolute atomic E-state index is 12.1. The maximum Gasteiger partial charge on any atom is 0.279 e. The SMILES string of the molecule is COc1ccccc1OCC(=O)NNC(=O)[C@@H](C)Oc1ccc(C(C)C)cc1. The van der Waals surface area contributed by atoms with Gasteiger partial charge < -0.3 is 14.2 Å². The van der Waals surface area contributed by atoms with Crippen molar-refractivity contribution in [1.82, 2.24) is 10.9 Å². The zero-order valence-electron chi connectivity index (χ0n) is 16.5. The van der Waals surface area contributed by atoms with Gasteiger partial charge in [0, 0.05) is 0 Å². The number of benzene rings is 2. The highest BCUT2D eigenvalue weighted by molar-refractivity contribution is 5.85. The van der Waals surface area contributed by atoms with Gasteiger partial charge in [-0.25, -0.2) is 0 Å². The number of para-hydroxylation sites is 2. The van der Waals surface area contributed by atoms with Crippen LogP contribution in [0.5, 0.6) is 17.2 Å². The van der Waals surface area contributed by atoms with Crippen molar-refractivity contribution in [3.8, 4) is 17.2 Å². The lowest BCUT2D eigenvalue weighted by molar-refractivity contribution is -0.133. The molecule has 28 heavy (non-hydrogen) atoms. The molecule has 2 aromatic rings. The van der Waals surface area contributed by atoms with E-state index in [-0.39, 0.29) is 6.61 Å². The number of nitrogens with one attached hydrogen (secondary N) is 2. The van der Waals surface area contributed by atoms with Gasteiger partial charge in [-0.05, 0) is 42.7 Å². The average Bonchev–Trinajstić information content (AvgIpc) is 2.70. The predicted molar refractivity (Wildman–Crippen MR) is 105 cm³/mol. The second-order valence-electron chi connectivity index (χ2n) is 6.46. The lowest BCUT2D eigenvalue weighted by Crippen LogP contribution is -2.48. The van der Waals surface area contributed by atoms with Gasteiger partial charge in [0.1, 0.15) is 5.75 Å². The molecule has 0 radical (unpaired) electrons. The Bertz CT molecular complexity index is 790. The molecule has 0 heterocycles. The Morgan fingerprint density at radius 1 is 0.929 bits per heavy atom. The fourth-order valence-electron chi connectivity index (χ4n) is 2.34. The smallest absolute Gasteiger partial charge is 0.279 e. The highest BCUT2D eigenvalue weighted by atomic mass is 16.5. The number of hydrogen-bond donors (Lipinski definition) is 2. The van der Waals surface area contributed by atoms with Crippen molar-refractivity contribution in [2.75, 3.05) is 13.7 Å². The van der Waals surface area contributed by atoms with Gasteiger partial charge in [0.25, 0.3) is 11.8 Å². The third kappa shape index (κ3) is 6.19. The zero-order chi connectivity index (χ0) is 20.5. The summed E-state index contributed by atoms with van der Waals surface area (Å²) in [6, 6.07) is 14.5. The number of amides is 2. The minimum absolute atomic E-state index is 0.271. The molecule has 7 nitrogen and oxygen atoms in total. The molecule has 0 saturated heterocycles. The number of carbonyl (C=O) groups is 2. The van der Waals surface area contributed by atoms with Crippen LogP contribution in [0.3, 0.4) is 0 Å². The van der Waals surface area contributed by atoms with Crippen molar-refractivity contribution in [3.63, 3.8) is 0 Å². The van der Waals surface area contributed by atoms with Gasteiger partial charge in [0.05, 0.1) is 7.11 Å². The van der Waals surface area contributed by atoms with E-state index >= 15 is 0 Å². The van der Waals surface area contributed by atoms with Crippen LogP contribution in [0.25, 0.3) is 0 Å². The lowest BCUT2D eigenvalue weighted by atomic mass is 10.0. The van der Waals surface area contributed by atoms with E-state index in [1.165, 1.54) is 12.7 Å². The van der Waals surface area contributed by atoms with Crippen molar-refractivity contribution in [1.29, 1.82) is 0 Å². The molecule has 2 N–H and O–H groups in total. The fraction of sp³-hybridized carbons (Fsp3) is 0.333. The molecule has 0 spiro atoms. The lowest BCUT2D eigenvalue weighted by Gasteiger charge is -2.16. The minimum atomic E-state index is -0.777. The molecule has 2 rings (SSSR count). The molecule has 0 unspecified atom stereocenters. The van der Waals surface area contributed by atoms with E-state index < -0.39 is 17.9 Å². The summed E-state index contributed by atoms with van der Waals surface area (Å²) in [7, 11) is 1.51. The van der Waals surface area contributed by atoms with Crippen molar-refractivity contribution in [3.05, 3.63) is 54.1 Å². The Kier molecular flexibility index (Phi) is 7.68. The molecular weight excluding hydrogens is 360 g/mol. The van der Waals surface area contributed by atoms with Crippen LogP contribution >= 0.6 is 0 Å². The first-order valence-electron chi connectivity index (χ1n) is 9.01. The van der Waals surface area contributed by atoms with Crippen LogP contribution in [-0.2, 0) is 9.59 Å². The molecule has 7 heteroatoms. The number of hydrazine groups is 1. The van der Waals surface area contributed by atoms with Crippen molar-refractivity contribution in [2.24, 2.45) is 0 Å². The molecule has 0 aromatic heterocycles. The zero-order valence-corrected chi connectivity index (χ0v) is 16.5. The topological polar surface area (TPSA) is 85.9 Å². The number of methoxy groups -OCH3 is 1. The molecule has 1 atom stereocenters. The first-order chi connectivity index (χ1) is 13.4. The van der Waals surface area contributed by atoms with Crippen LogP contribution in [0, 0.1) is 0 Å². The molecule has 150 valence electrons. The normalized spacial score (nSPS) is 11.5. The Labute approximate surface area is 165 Å². The highest BCUT2D eigenvalue weighted by Gasteiger charge is 2.16. The van der Waals surface area contributed by atoms with Crippen LogP contribution in [0.1, 0.15) is 32.3 Å². The summed E-state index contributed by atoms with van der Waals surface area (Å²) in [5.41, 5.74) is 5.81. The van der Waals surface area contributed by atoms with E-state index in [0.717, 1.165) is 0 Å². The summed E-state index contributed by atoms with van der Waals surface area (Å²) < 4.78 is 16.1. The minimum Gasteiger partial charge on any atom is -0.493 e. The van der Waals surface area contributed by atoms with Crippen LogP contribution in [-0.4, -0.2) is 31.6 Å². The first kappa shape index (κ1) is 21.1. The van der Waals surface area contributed by atoms with E-state index in [4.69, 9.17) is 14.2 Å². The van der Waals surface area contributed by atoms with Crippen LogP contribution in [0.2, 0.25) is 0 Å². The Morgan fingerprint density at radius 3 is 2.18 bits per heavy atom. The van der Waals surface area contributed by atoms with Gasteiger partial charge in [-0.15, -0.1) is 0 Å². The quantitative estimate of drug-likeness (QED) is 0.682. The van der Waals surface area contributed by atoms with Gasteiger partial charge >= 0.3 is 0 Å². The molecule has 2 aromatic carbocycles. The molecule has 0 bridgehead atoms. The summed E-state index contributed by atoms with van der Waals surface area (Å²) in [6.45, 7) is 5.54. The van der Waals surface area contributed by atoms with Crippen LogP contribution in [0.15, 0.2) is 48.5 Å². The Hall–Kier alpha value is -3.22. The molecule has 0 aliphatic rings. The van der Waals surface area contributed by atoms with E-state index in [1.807, 2.05) is 24.3 Å². The fourth-order valence-corrected chi connectivity index (χ4v) is 2.34. The number of rotatable bonds is 8. The molecular formula is C21H26N2O5. The molecule has 0 fully saturated rings. The molecule has 0 aliphatic heterocycles. The monoisotopic (exact) mass is 386 g/mol. The summed E-state index contributed by atoms with van der Waals surface area (Å²) in [5.74, 6) is 0.977. The third-order valence-corrected chi connectivity index (χ3v) is 3.98. The van der Waals surface area contributed by atoms with Gasteiger partial charge in [-0.2, -0.15) is 0 Å². The standard InChI is InChI=1S/C21H26N2O5/c1-14(2)16-9-11-17(12-10-16)28-15(3)21(25)23-22-20(24)13-27-19-8-6-5-7-18(19)26-4/h5-12,14-15H,13H2,1-4H3,(H,22,24)(H,23,25)/t15-/m1/s1. The second-order valence-corrected chi connectivity index (χ2v) is 6.46. The number of hydrogen-bond acceptors (Lipinski definition) is 5. The molecule has 0 saturated carbocycles. The largest absolute Gasteiger partial charge is 0.493 e. The predicted octanol–water partition coefficient (Wildman–Crippen LogP) is 2.81. The number of carbonyl (C=O) groups excluding carboxylic acids is 2. The van der Waals surface area contributed by atoms with Gasteiger partial charge in [0.15, 0.2) is 24.2 Å². The van der Waals surface area contributed by atoms with Gasteiger partial charge in [0.2, 0.25) is 0 Å². The van der Waals surface area contributed by atoms with Crippen molar-refractivity contribution in [2.45, 2.75) is 32.8 Å². The Morgan fingerprint density at radius 2 is 1.57 bits per heavy atom. The van der Waals surface area contributed by atoms with Crippen molar-refractivity contribution < 1.29 is 23.8 Å². The van der Waals surface area contributed by atoms with Crippen LogP contribution < -0.4 is 25.1 Å². The summed E-state index contributed by atoms with van der Waals surface area (Å²) in [6.07, 6.45) is -0.777. The number of ether oxygens (including phenoxy) is 3. The van der Waals surface area contributed by atoms with E-state index in [9.17, 15) is 9.59 Å².